The van der Waals surface area contributed by atoms with Crippen LogP contribution in [0, 0.1) is 12.3 Å². The number of amidine groups is 1. The molecule has 1 amide bonds. The fourth-order valence-corrected chi connectivity index (χ4v) is 3.87. The Kier molecular flexibility index (Phi) is 6.56. The predicted octanol–water partition coefficient (Wildman–Crippen LogP) is 3.53. The average Bonchev–Trinajstić information content (AvgIpc) is 3.19. The first-order chi connectivity index (χ1) is 14.4. The van der Waals surface area contributed by atoms with Crippen LogP contribution in [0.5, 0.6) is 5.75 Å². The lowest BCUT2D eigenvalue weighted by molar-refractivity contribution is -0.115. The van der Waals surface area contributed by atoms with Crippen LogP contribution in [0.2, 0.25) is 0 Å². The van der Waals surface area contributed by atoms with Gasteiger partial charge in [-0.2, -0.15) is 0 Å². The van der Waals surface area contributed by atoms with E-state index in [-0.39, 0.29) is 36.3 Å². The molecule has 2 aromatic carbocycles. The van der Waals surface area contributed by atoms with Gasteiger partial charge in [-0.3, -0.25) is 10.2 Å². The molecule has 0 aliphatic heterocycles. The monoisotopic (exact) mass is 437 g/mol. The number of carbonyl (C=O) groups excluding carboxylic acids is 1. The van der Waals surface area contributed by atoms with E-state index in [4.69, 9.17) is 11.1 Å². The summed E-state index contributed by atoms with van der Waals surface area (Å²) in [5.74, 6) is -0.376. The second-order valence-corrected chi connectivity index (χ2v) is 7.51. The van der Waals surface area contributed by atoms with Crippen molar-refractivity contribution in [1.82, 2.24) is 9.97 Å². The largest absolute Gasteiger partial charge is 0.508 e. The molecule has 31 heavy (non-hydrogen) atoms. The number of hydrogen-bond acceptors (Lipinski definition) is 5. The molecule has 0 radical (unpaired) electrons. The lowest BCUT2D eigenvalue weighted by Gasteiger charge is -2.12. The maximum absolute atomic E-state index is 12.5. The number of nitrogens with zero attached hydrogens (tertiary/aromatic N) is 2. The SMILES string of the molecule is Cc1cc(NC(=O)Cc2cc(C(=N)N)ccc2O)ccc1-c1ncnc2c1CCC2.Cl. The molecule has 8 heteroatoms. The van der Waals surface area contributed by atoms with Gasteiger partial charge in [0.1, 0.15) is 17.9 Å². The van der Waals surface area contributed by atoms with Gasteiger partial charge in [-0.1, -0.05) is 6.07 Å². The minimum absolute atomic E-state index is 0. The number of hydrogen-bond donors (Lipinski definition) is 4. The Morgan fingerprint density at radius 1 is 1.19 bits per heavy atom. The number of anilines is 1. The minimum atomic E-state index is -0.263. The van der Waals surface area contributed by atoms with Crippen molar-refractivity contribution in [2.75, 3.05) is 5.32 Å². The van der Waals surface area contributed by atoms with E-state index in [1.807, 2.05) is 25.1 Å². The number of aromatic hydroxyl groups is 1. The fourth-order valence-electron chi connectivity index (χ4n) is 3.87. The molecular weight excluding hydrogens is 414 g/mol. The van der Waals surface area contributed by atoms with E-state index in [0.717, 1.165) is 41.8 Å². The quantitative estimate of drug-likeness (QED) is 0.359. The van der Waals surface area contributed by atoms with Crippen LogP contribution in [0.25, 0.3) is 11.3 Å². The van der Waals surface area contributed by atoms with Crippen LogP contribution in [0.15, 0.2) is 42.7 Å². The smallest absolute Gasteiger partial charge is 0.228 e. The topological polar surface area (TPSA) is 125 Å². The highest BCUT2D eigenvalue weighted by Crippen LogP contribution is 2.32. The van der Waals surface area contributed by atoms with Gasteiger partial charge in [0.2, 0.25) is 5.91 Å². The average molecular weight is 438 g/mol. The second-order valence-electron chi connectivity index (χ2n) is 7.51. The number of phenolic OH excluding ortho intramolecular Hbond substituents is 1. The third-order valence-corrected chi connectivity index (χ3v) is 5.38. The number of halogens is 1. The van der Waals surface area contributed by atoms with Crippen molar-refractivity contribution in [3.05, 3.63) is 70.7 Å². The van der Waals surface area contributed by atoms with Crippen LogP contribution in [-0.4, -0.2) is 26.8 Å². The first-order valence-electron chi connectivity index (χ1n) is 9.82. The lowest BCUT2D eigenvalue weighted by atomic mass is 10.00. The van der Waals surface area contributed by atoms with Gasteiger partial charge in [0.15, 0.2) is 0 Å². The summed E-state index contributed by atoms with van der Waals surface area (Å²) >= 11 is 0. The van der Waals surface area contributed by atoms with E-state index < -0.39 is 0 Å². The van der Waals surface area contributed by atoms with Gasteiger partial charge in [-0.25, -0.2) is 9.97 Å². The summed E-state index contributed by atoms with van der Waals surface area (Å²) in [6, 6.07) is 10.3. The van der Waals surface area contributed by atoms with Gasteiger partial charge in [-0.15, -0.1) is 12.4 Å². The first-order valence-corrected chi connectivity index (χ1v) is 9.82. The van der Waals surface area contributed by atoms with Gasteiger partial charge < -0.3 is 16.2 Å². The highest BCUT2D eigenvalue weighted by Gasteiger charge is 2.19. The van der Waals surface area contributed by atoms with Crippen molar-refractivity contribution < 1.29 is 9.90 Å². The number of carbonyl (C=O) groups is 1. The zero-order valence-corrected chi connectivity index (χ0v) is 17.9. The molecular formula is C23H24ClN5O2. The molecule has 5 N–H and O–H groups in total. The van der Waals surface area contributed by atoms with Crippen molar-refractivity contribution in [3.8, 4) is 17.0 Å². The van der Waals surface area contributed by atoms with Crippen molar-refractivity contribution >= 4 is 29.8 Å². The van der Waals surface area contributed by atoms with Gasteiger partial charge >= 0.3 is 0 Å². The van der Waals surface area contributed by atoms with Crippen molar-refractivity contribution in [2.24, 2.45) is 5.73 Å². The molecule has 1 aromatic heterocycles. The molecule has 0 spiro atoms. The molecule has 0 unspecified atom stereocenters. The Morgan fingerprint density at radius 3 is 2.74 bits per heavy atom. The molecule has 0 saturated heterocycles. The molecule has 4 rings (SSSR count). The number of nitrogens with one attached hydrogen (secondary N) is 2. The Bertz CT molecular complexity index is 1160. The molecule has 0 fully saturated rings. The van der Waals surface area contributed by atoms with Crippen molar-refractivity contribution in [2.45, 2.75) is 32.6 Å². The number of nitrogen functional groups attached to an aromatic ring is 1. The third-order valence-electron chi connectivity index (χ3n) is 5.38. The van der Waals surface area contributed by atoms with Crippen molar-refractivity contribution in [3.63, 3.8) is 0 Å². The number of benzene rings is 2. The highest BCUT2D eigenvalue weighted by molar-refractivity contribution is 5.96. The van der Waals surface area contributed by atoms with E-state index in [9.17, 15) is 9.90 Å². The zero-order valence-electron chi connectivity index (χ0n) is 17.1. The molecule has 7 nitrogen and oxygen atoms in total. The molecule has 0 atom stereocenters. The number of nitrogens with two attached hydrogens (primary N) is 1. The fraction of sp³-hybridized carbons (Fsp3) is 0.217. The predicted molar refractivity (Wildman–Crippen MR) is 123 cm³/mol. The van der Waals surface area contributed by atoms with E-state index in [0.29, 0.717) is 16.8 Å². The summed E-state index contributed by atoms with van der Waals surface area (Å²) in [6.07, 6.45) is 4.69. The number of amides is 1. The number of aromatic nitrogens is 2. The van der Waals surface area contributed by atoms with E-state index in [1.54, 1.807) is 18.5 Å². The Labute approximate surface area is 186 Å². The molecule has 1 aliphatic rings. The molecule has 1 heterocycles. The van der Waals surface area contributed by atoms with Crippen LogP contribution in [0.1, 0.15) is 34.4 Å². The Balaban J connectivity index is 0.00000272. The van der Waals surface area contributed by atoms with E-state index in [1.165, 1.54) is 11.6 Å². The molecule has 3 aromatic rings. The zero-order chi connectivity index (χ0) is 21.3. The van der Waals surface area contributed by atoms with Crippen LogP contribution in [-0.2, 0) is 24.1 Å². The standard InChI is InChI=1S/C23H23N5O2.ClH/c1-13-9-16(6-7-17(13)22-18-3-2-4-19(18)26-12-27-22)28-21(30)11-15-10-14(23(24)25)5-8-20(15)29;/h5-10,12,29H,2-4,11H2,1H3,(H3,24,25)(H,28,30);1H. The number of aryl methyl sites for hydroxylation is 2. The van der Waals surface area contributed by atoms with Crippen LogP contribution >= 0.6 is 12.4 Å². The summed E-state index contributed by atoms with van der Waals surface area (Å²) in [4.78, 5) is 21.4. The normalized spacial score (nSPS) is 12.0. The molecule has 0 bridgehead atoms. The Morgan fingerprint density at radius 2 is 2.00 bits per heavy atom. The molecule has 160 valence electrons. The van der Waals surface area contributed by atoms with Crippen molar-refractivity contribution in [1.29, 1.82) is 5.41 Å². The van der Waals surface area contributed by atoms with Gasteiger partial charge in [-0.05, 0) is 62.1 Å². The maximum Gasteiger partial charge on any atom is 0.228 e. The summed E-state index contributed by atoms with van der Waals surface area (Å²) in [7, 11) is 0. The summed E-state index contributed by atoms with van der Waals surface area (Å²) in [6.45, 7) is 2.00. The Hall–Kier alpha value is -3.45. The summed E-state index contributed by atoms with van der Waals surface area (Å²) < 4.78 is 0. The van der Waals surface area contributed by atoms with Gasteiger partial charge in [0.05, 0.1) is 12.1 Å². The molecule has 1 aliphatic carbocycles. The lowest BCUT2D eigenvalue weighted by Crippen LogP contribution is -2.16. The van der Waals surface area contributed by atoms with Gasteiger partial charge in [0.25, 0.3) is 0 Å². The summed E-state index contributed by atoms with van der Waals surface area (Å²) in [5, 5.41) is 20.4. The maximum atomic E-state index is 12.5. The van der Waals surface area contributed by atoms with Gasteiger partial charge in [0, 0.05) is 33.6 Å². The van der Waals surface area contributed by atoms with Crippen LogP contribution < -0.4 is 11.1 Å². The van der Waals surface area contributed by atoms with Crippen LogP contribution in [0.4, 0.5) is 5.69 Å². The van der Waals surface area contributed by atoms with Crippen LogP contribution in [0.3, 0.4) is 0 Å². The number of fused-ring (bicyclic) bond motifs is 1. The van der Waals surface area contributed by atoms with E-state index >= 15 is 0 Å². The number of rotatable bonds is 5. The van der Waals surface area contributed by atoms with E-state index in [2.05, 4.69) is 15.3 Å². The first kappa shape index (κ1) is 22.2. The summed E-state index contributed by atoms with van der Waals surface area (Å²) in [5.41, 5.74) is 12.4. The minimum Gasteiger partial charge on any atom is -0.508 e. The highest BCUT2D eigenvalue weighted by atomic mass is 35.5. The second kappa shape index (κ2) is 9.14. The molecule has 0 saturated carbocycles. The number of phenols is 1. The third kappa shape index (κ3) is 4.67.